The second-order valence-electron chi connectivity index (χ2n) is 4.45. The van der Waals surface area contributed by atoms with Crippen LogP contribution < -0.4 is 11.5 Å². The largest absolute Gasteiger partial charge is 0.480 e. The molecule has 2 rings (SSSR count). The summed E-state index contributed by atoms with van der Waals surface area (Å²) in [6.07, 6.45) is 6.67. The van der Waals surface area contributed by atoms with Crippen LogP contribution in [-0.4, -0.2) is 54.2 Å². The number of carboxylic acid groups (broad SMARTS) is 2. The van der Waals surface area contributed by atoms with Gasteiger partial charge in [0, 0.05) is 53.1 Å². The molecule has 0 fully saturated rings. The number of hydrogen-bond acceptors (Lipinski definition) is 6. The van der Waals surface area contributed by atoms with Crippen LogP contribution in [0.3, 0.4) is 0 Å². The molecule has 0 spiro atoms. The number of nitrogens with two attached hydrogens (primary N) is 2. The molecule has 0 saturated carbocycles. The summed E-state index contributed by atoms with van der Waals surface area (Å²) in [5.41, 5.74) is 12.0. The predicted octanol–water partition coefficient (Wildman–Crippen LogP) is -1.27. The van der Waals surface area contributed by atoms with E-state index in [0.717, 1.165) is 11.4 Å². The van der Waals surface area contributed by atoms with Gasteiger partial charge in [0.05, 0.1) is 12.7 Å². The van der Waals surface area contributed by atoms with Gasteiger partial charge in [-0.25, -0.2) is 9.97 Å². The normalized spacial score (nSPS) is 12.3. The third kappa shape index (κ3) is 8.10. The Morgan fingerprint density at radius 1 is 0.957 bits per heavy atom. The number of aliphatic carboxylic acids is 2. The number of aromatic amines is 2. The van der Waals surface area contributed by atoms with Gasteiger partial charge in [-0.2, -0.15) is 0 Å². The molecule has 11 heteroatoms. The van der Waals surface area contributed by atoms with Gasteiger partial charge in [0.1, 0.15) is 12.1 Å². The van der Waals surface area contributed by atoms with E-state index in [1.165, 1.54) is 12.7 Å². The van der Waals surface area contributed by atoms with E-state index >= 15 is 0 Å². The molecule has 0 amide bonds. The van der Waals surface area contributed by atoms with Crippen molar-refractivity contribution in [3.63, 3.8) is 0 Å². The Morgan fingerprint density at radius 2 is 1.30 bits per heavy atom. The second kappa shape index (κ2) is 10.5. The standard InChI is InChI=1S/2C6H9N3O2.Ni/c2*7-5(6(10)11)1-4-2-8-3-9-4;/h2*2-3,5H,1,7H2,(H,8,9)(H,10,11);/t2*5-;/m00./s1. The molecule has 0 aliphatic heterocycles. The van der Waals surface area contributed by atoms with E-state index < -0.39 is 24.0 Å². The van der Waals surface area contributed by atoms with Crippen LogP contribution in [0.15, 0.2) is 25.0 Å². The summed E-state index contributed by atoms with van der Waals surface area (Å²) < 4.78 is 0. The van der Waals surface area contributed by atoms with Gasteiger partial charge in [-0.1, -0.05) is 0 Å². The maximum atomic E-state index is 10.3. The summed E-state index contributed by atoms with van der Waals surface area (Å²) in [5, 5.41) is 16.8. The molecule has 0 aliphatic rings. The minimum absolute atomic E-state index is 0. The fraction of sp³-hybridized carbons (Fsp3) is 0.333. The van der Waals surface area contributed by atoms with Gasteiger partial charge < -0.3 is 31.6 Å². The summed E-state index contributed by atoms with van der Waals surface area (Å²) in [4.78, 5) is 33.5. The number of carbonyl (C=O) groups is 2. The Kier molecular flexibility index (Phi) is 9.48. The number of carboxylic acids is 2. The summed E-state index contributed by atoms with van der Waals surface area (Å²) >= 11 is 0. The van der Waals surface area contributed by atoms with Crippen LogP contribution in [0.5, 0.6) is 0 Å². The molecule has 8 N–H and O–H groups in total. The number of H-pyrrole nitrogens is 2. The first-order valence-electron chi connectivity index (χ1n) is 6.31. The first-order chi connectivity index (χ1) is 10.4. The molecule has 0 aromatic carbocycles. The van der Waals surface area contributed by atoms with Crippen molar-refractivity contribution in [2.75, 3.05) is 0 Å². The smallest absolute Gasteiger partial charge is 0.320 e. The number of nitrogens with zero attached hydrogens (tertiary/aromatic N) is 2. The first-order valence-corrected chi connectivity index (χ1v) is 6.31. The molecule has 130 valence electrons. The summed E-state index contributed by atoms with van der Waals surface area (Å²) in [6, 6.07) is -1.70. The Labute approximate surface area is 141 Å². The Hall–Kier alpha value is -2.23. The summed E-state index contributed by atoms with van der Waals surface area (Å²) in [5.74, 6) is -2.00. The summed E-state index contributed by atoms with van der Waals surface area (Å²) in [6.45, 7) is 0. The molecule has 2 aromatic heterocycles. The van der Waals surface area contributed by atoms with Crippen LogP contribution in [0.1, 0.15) is 11.4 Å². The van der Waals surface area contributed by atoms with E-state index in [-0.39, 0.29) is 29.3 Å². The van der Waals surface area contributed by atoms with Crippen LogP contribution in [-0.2, 0) is 38.9 Å². The molecule has 2 heterocycles. The molecule has 10 nitrogen and oxygen atoms in total. The van der Waals surface area contributed by atoms with Gasteiger partial charge in [-0.15, -0.1) is 0 Å². The van der Waals surface area contributed by atoms with Crippen LogP contribution in [0.4, 0.5) is 0 Å². The van der Waals surface area contributed by atoms with E-state index in [0.29, 0.717) is 0 Å². The molecule has 0 aliphatic carbocycles. The first kappa shape index (κ1) is 20.8. The average Bonchev–Trinajstić information content (AvgIpc) is 3.12. The monoisotopic (exact) mass is 368 g/mol. The number of hydrogen-bond donors (Lipinski definition) is 6. The van der Waals surface area contributed by atoms with Crippen molar-refractivity contribution in [2.45, 2.75) is 24.9 Å². The topological polar surface area (TPSA) is 184 Å². The van der Waals surface area contributed by atoms with Gasteiger partial charge in [0.2, 0.25) is 0 Å². The number of rotatable bonds is 6. The molecule has 0 unspecified atom stereocenters. The number of nitrogens with one attached hydrogen (secondary N) is 2. The van der Waals surface area contributed by atoms with Crippen LogP contribution in [0.2, 0.25) is 0 Å². The van der Waals surface area contributed by atoms with E-state index in [9.17, 15) is 9.59 Å². The second-order valence-corrected chi connectivity index (χ2v) is 4.45. The van der Waals surface area contributed by atoms with Crippen LogP contribution in [0, 0.1) is 0 Å². The molecule has 23 heavy (non-hydrogen) atoms. The van der Waals surface area contributed by atoms with Crippen molar-refractivity contribution in [1.82, 2.24) is 19.9 Å². The Balaban J connectivity index is 0.000000403. The molecular weight excluding hydrogens is 351 g/mol. The zero-order valence-corrected chi connectivity index (χ0v) is 12.9. The quantitative estimate of drug-likeness (QED) is 0.340. The van der Waals surface area contributed by atoms with Crippen molar-refractivity contribution >= 4 is 11.9 Å². The Morgan fingerprint density at radius 3 is 1.52 bits per heavy atom. The van der Waals surface area contributed by atoms with Gasteiger partial charge >= 0.3 is 11.9 Å². The molecule has 2 aromatic rings. The summed E-state index contributed by atoms with van der Waals surface area (Å²) in [7, 11) is 0. The minimum atomic E-state index is -1.00. The van der Waals surface area contributed by atoms with E-state index in [1.807, 2.05) is 0 Å². The maximum absolute atomic E-state index is 10.3. The van der Waals surface area contributed by atoms with Crippen molar-refractivity contribution in [1.29, 1.82) is 0 Å². The fourth-order valence-electron chi connectivity index (χ4n) is 1.44. The zero-order valence-electron chi connectivity index (χ0n) is 12.0. The number of aromatic nitrogens is 4. The SMILES string of the molecule is N[C@@H](Cc1cnc[nH]1)C(=O)O.N[C@@H](Cc1cnc[nH]1)C(=O)O.[Ni]. The molecule has 0 bridgehead atoms. The minimum Gasteiger partial charge on any atom is -0.480 e. The predicted molar refractivity (Wildman–Crippen MR) is 75.8 cm³/mol. The molecular formula is C12H18N6NiO4. The maximum Gasteiger partial charge on any atom is 0.320 e. The zero-order chi connectivity index (χ0) is 16.5. The molecule has 0 saturated heterocycles. The van der Waals surface area contributed by atoms with Gasteiger partial charge in [0.25, 0.3) is 0 Å². The molecule has 0 radical (unpaired) electrons. The molecule has 2 atom stereocenters. The Bertz CT molecular complexity index is 522. The van der Waals surface area contributed by atoms with Crippen molar-refractivity contribution in [3.8, 4) is 0 Å². The van der Waals surface area contributed by atoms with E-state index in [4.69, 9.17) is 21.7 Å². The van der Waals surface area contributed by atoms with Crippen LogP contribution >= 0.6 is 0 Å². The third-order valence-corrected chi connectivity index (χ3v) is 2.62. The average molecular weight is 369 g/mol. The third-order valence-electron chi connectivity index (χ3n) is 2.62. The van der Waals surface area contributed by atoms with Crippen molar-refractivity contribution in [2.24, 2.45) is 11.5 Å². The van der Waals surface area contributed by atoms with Gasteiger partial charge in [-0.05, 0) is 0 Å². The van der Waals surface area contributed by atoms with Crippen molar-refractivity contribution < 1.29 is 36.3 Å². The van der Waals surface area contributed by atoms with E-state index in [2.05, 4.69) is 19.9 Å². The fourth-order valence-corrected chi connectivity index (χ4v) is 1.44. The van der Waals surface area contributed by atoms with Crippen molar-refractivity contribution in [3.05, 3.63) is 36.4 Å². The van der Waals surface area contributed by atoms with Gasteiger partial charge in [-0.3, -0.25) is 9.59 Å². The van der Waals surface area contributed by atoms with E-state index in [1.54, 1.807) is 12.4 Å². The van der Waals surface area contributed by atoms with Gasteiger partial charge in [0.15, 0.2) is 0 Å². The number of imidazole rings is 2. The van der Waals surface area contributed by atoms with Crippen LogP contribution in [0.25, 0.3) is 0 Å².